The summed E-state index contributed by atoms with van der Waals surface area (Å²) in [4.78, 5) is 14.4. The van der Waals surface area contributed by atoms with Crippen LogP contribution in [0.3, 0.4) is 0 Å². The molecule has 22 heavy (non-hydrogen) atoms. The van der Waals surface area contributed by atoms with Crippen molar-refractivity contribution in [3.8, 4) is 0 Å². The highest BCUT2D eigenvalue weighted by Gasteiger charge is 2.19. The van der Waals surface area contributed by atoms with E-state index in [0.717, 1.165) is 20.4 Å². The van der Waals surface area contributed by atoms with Crippen LogP contribution in [0, 0.1) is 17.4 Å². The van der Waals surface area contributed by atoms with Crippen LogP contribution >= 0.6 is 22.6 Å². The number of amides is 1. The predicted octanol–water partition coefficient (Wildman–Crippen LogP) is 5.02. The SMILES string of the molecule is C/C=C/C(=O)N(Cc1ccccc1)c1c(C)cc(C)cc1I. The first-order valence-electron chi connectivity index (χ1n) is 7.27. The van der Waals surface area contributed by atoms with Crippen molar-refractivity contribution in [2.45, 2.75) is 27.3 Å². The molecule has 0 saturated carbocycles. The molecule has 0 aromatic heterocycles. The van der Waals surface area contributed by atoms with Crippen molar-refractivity contribution in [1.29, 1.82) is 0 Å². The van der Waals surface area contributed by atoms with Gasteiger partial charge in [-0.05, 0) is 72.2 Å². The minimum atomic E-state index is 0.0104. The first kappa shape index (κ1) is 16.7. The molecule has 0 atom stereocenters. The first-order chi connectivity index (χ1) is 10.5. The maximum absolute atomic E-state index is 12.6. The molecule has 0 radical (unpaired) electrons. The molecule has 0 N–H and O–H groups in total. The van der Waals surface area contributed by atoms with Gasteiger partial charge >= 0.3 is 0 Å². The minimum absolute atomic E-state index is 0.0104. The minimum Gasteiger partial charge on any atom is -0.303 e. The second-order valence-corrected chi connectivity index (χ2v) is 6.48. The molecule has 3 heteroatoms. The van der Waals surface area contributed by atoms with E-state index < -0.39 is 0 Å². The van der Waals surface area contributed by atoms with Crippen LogP contribution in [0.2, 0.25) is 0 Å². The normalized spacial score (nSPS) is 10.9. The zero-order chi connectivity index (χ0) is 16.1. The lowest BCUT2D eigenvalue weighted by Gasteiger charge is -2.25. The zero-order valence-electron chi connectivity index (χ0n) is 13.1. The number of hydrogen-bond acceptors (Lipinski definition) is 1. The number of carbonyl (C=O) groups excluding carboxylic acids is 1. The van der Waals surface area contributed by atoms with E-state index in [0.29, 0.717) is 6.54 Å². The van der Waals surface area contributed by atoms with Gasteiger partial charge in [0.2, 0.25) is 0 Å². The van der Waals surface area contributed by atoms with Crippen LogP contribution in [0.1, 0.15) is 23.6 Å². The largest absolute Gasteiger partial charge is 0.303 e. The number of aryl methyl sites for hydroxylation is 2. The van der Waals surface area contributed by atoms with Gasteiger partial charge in [0.1, 0.15) is 0 Å². The Morgan fingerprint density at radius 1 is 1.18 bits per heavy atom. The van der Waals surface area contributed by atoms with Gasteiger partial charge in [0.05, 0.1) is 12.2 Å². The zero-order valence-corrected chi connectivity index (χ0v) is 15.3. The van der Waals surface area contributed by atoms with E-state index in [1.807, 2.05) is 42.2 Å². The van der Waals surface area contributed by atoms with E-state index in [4.69, 9.17) is 0 Å². The predicted molar refractivity (Wildman–Crippen MR) is 101 cm³/mol. The number of halogens is 1. The van der Waals surface area contributed by atoms with Crippen molar-refractivity contribution in [3.63, 3.8) is 0 Å². The van der Waals surface area contributed by atoms with Crippen molar-refractivity contribution < 1.29 is 4.79 Å². The third-order valence-corrected chi connectivity index (χ3v) is 4.25. The molecule has 0 spiro atoms. The Morgan fingerprint density at radius 2 is 1.86 bits per heavy atom. The standard InChI is InChI=1S/C19H20INO/c1-4-8-18(22)21(13-16-9-6-5-7-10-16)19-15(3)11-14(2)12-17(19)20/h4-12H,13H2,1-3H3/b8-4+. The highest BCUT2D eigenvalue weighted by atomic mass is 127. The molecule has 2 nitrogen and oxygen atoms in total. The quantitative estimate of drug-likeness (QED) is 0.517. The Labute approximate surface area is 146 Å². The van der Waals surface area contributed by atoms with Crippen LogP contribution in [0.5, 0.6) is 0 Å². The Kier molecular flexibility index (Phi) is 5.77. The van der Waals surface area contributed by atoms with E-state index in [-0.39, 0.29) is 5.91 Å². The van der Waals surface area contributed by atoms with Gasteiger partial charge in [-0.15, -0.1) is 0 Å². The van der Waals surface area contributed by atoms with Crippen LogP contribution in [0.15, 0.2) is 54.6 Å². The van der Waals surface area contributed by atoms with E-state index in [1.54, 1.807) is 12.2 Å². The summed E-state index contributed by atoms with van der Waals surface area (Å²) >= 11 is 2.31. The highest BCUT2D eigenvalue weighted by molar-refractivity contribution is 14.1. The number of benzene rings is 2. The van der Waals surface area contributed by atoms with E-state index in [9.17, 15) is 4.79 Å². The van der Waals surface area contributed by atoms with Crippen molar-refractivity contribution in [3.05, 3.63) is 74.9 Å². The van der Waals surface area contributed by atoms with Gasteiger partial charge in [0, 0.05) is 3.57 Å². The van der Waals surface area contributed by atoms with Crippen molar-refractivity contribution in [2.75, 3.05) is 4.90 Å². The Bertz CT molecular complexity index is 669. The summed E-state index contributed by atoms with van der Waals surface area (Å²) in [5.74, 6) is 0.0104. The number of carbonyl (C=O) groups is 1. The molecule has 2 aromatic rings. The molecular weight excluding hydrogens is 385 g/mol. The number of nitrogens with zero attached hydrogens (tertiary/aromatic N) is 1. The fourth-order valence-electron chi connectivity index (χ4n) is 2.52. The van der Waals surface area contributed by atoms with Gasteiger partial charge < -0.3 is 4.90 Å². The van der Waals surface area contributed by atoms with Crippen LogP contribution in [-0.4, -0.2) is 5.91 Å². The Balaban J connectivity index is 2.47. The van der Waals surface area contributed by atoms with E-state index >= 15 is 0 Å². The molecular formula is C19H20INO. The number of hydrogen-bond donors (Lipinski definition) is 0. The molecule has 1 amide bonds. The van der Waals surface area contributed by atoms with Crippen molar-refractivity contribution in [2.24, 2.45) is 0 Å². The summed E-state index contributed by atoms with van der Waals surface area (Å²) in [7, 11) is 0. The lowest BCUT2D eigenvalue weighted by Crippen LogP contribution is -2.30. The van der Waals surface area contributed by atoms with Crippen molar-refractivity contribution >= 4 is 34.2 Å². The van der Waals surface area contributed by atoms with E-state index in [1.165, 1.54) is 5.56 Å². The molecule has 0 unspecified atom stereocenters. The second-order valence-electron chi connectivity index (χ2n) is 5.32. The maximum atomic E-state index is 12.6. The molecule has 0 bridgehead atoms. The van der Waals surface area contributed by atoms with Crippen LogP contribution in [0.25, 0.3) is 0 Å². The summed E-state index contributed by atoms with van der Waals surface area (Å²) < 4.78 is 1.10. The lowest BCUT2D eigenvalue weighted by atomic mass is 10.1. The fraction of sp³-hybridized carbons (Fsp3) is 0.211. The van der Waals surface area contributed by atoms with Gasteiger partial charge in [-0.25, -0.2) is 0 Å². The maximum Gasteiger partial charge on any atom is 0.250 e. The summed E-state index contributed by atoms with van der Waals surface area (Å²) in [6.07, 6.45) is 3.41. The molecule has 0 aliphatic rings. The summed E-state index contributed by atoms with van der Waals surface area (Å²) in [6, 6.07) is 14.3. The number of anilines is 1. The van der Waals surface area contributed by atoms with Gasteiger partial charge in [-0.3, -0.25) is 4.79 Å². The molecule has 2 rings (SSSR count). The summed E-state index contributed by atoms with van der Waals surface area (Å²) in [5.41, 5.74) is 4.45. The van der Waals surface area contributed by atoms with Crippen LogP contribution < -0.4 is 4.90 Å². The van der Waals surface area contributed by atoms with Gasteiger partial charge in [-0.2, -0.15) is 0 Å². The molecule has 0 heterocycles. The fourth-order valence-corrected chi connectivity index (χ4v) is 3.72. The average molecular weight is 405 g/mol. The second kappa shape index (κ2) is 7.58. The van der Waals surface area contributed by atoms with Gasteiger partial charge in [-0.1, -0.05) is 42.5 Å². The number of allylic oxidation sites excluding steroid dienone is 1. The number of rotatable bonds is 4. The highest BCUT2D eigenvalue weighted by Crippen LogP contribution is 2.30. The average Bonchev–Trinajstić information content (AvgIpc) is 2.46. The molecule has 0 saturated heterocycles. The smallest absolute Gasteiger partial charge is 0.250 e. The monoisotopic (exact) mass is 405 g/mol. The lowest BCUT2D eigenvalue weighted by molar-refractivity contribution is -0.114. The molecule has 2 aromatic carbocycles. The third kappa shape index (κ3) is 3.97. The first-order valence-corrected chi connectivity index (χ1v) is 8.35. The summed E-state index contributed by atoms with van der Waals surface area (Å²) in [5, 5.41) is 0. The molecule has 0 aliphatic carbocycles. The van der Waals surface area contributed by atoms with Gasteiger partial charge in [0.15, 0.2) is 0 Å². The topological polar surface area (TPSA) is 20.3 Å². The van der Waals surface area contributed by atoms with E-state index in [2.05, 4.69) is 48.6 Å². The van der Waals surface area contributed by atoms with Crippen LogP contribution in [0.4, 0.5) is 5.69 Å². The third-order valence-electron chi connectivity index (χ3n) is 3.43. The molecule has 0 fully saturated rings. The molecule has 114 valence electrons. The van der Waals surface area contributed by atoms with Gasteiger partial charge in [0.25, 0.3) is 5.91 Å². The molecule has 0 aliphatic heterocycles. The van der Waals surface area contributed by atoms with Crippen LogP contribution in [-0.2, 0) is 11.3 Å². The Morgan fingerprint density at radius 3 is 2.45 bits per heavy atom. The summed E-state index contributed by atoms with van der Waals surface area (Å²) in [6.45, 7) is 6.58. The van der Waals surface area contributed by atoms with Crippen molar-refractivity contribution in [1.82, 2.24) is 0 Å². The Hall–Kier alpha value is -1.62.